The molecule has 2 aromatic carbocycles. The lowest BCUT2D eigenvalue weighted by Crippen LogP contribution is -2.41. The number of hydrogen-bond acceptors (Lipinski definition) is 5. The van der Waals surface area contributed by atoms with Gasteiger partial charge in [0, 0.05) is 50.3 Å². The molecule has 0 radical (unpaired) electrons. The van der Waals surface area contributed by atoms with E-state index >= 15 is 0 Å². The van der Waals surface area contributed by atoms with E-state index in [9.17, 15) is 9.18 Å². The highest BCUT2D eigenvalue weighted by atomic mass is 19.1. The van der Waals surface area contributed by atoms with Gasteiger partial charge in [-0.3, -0.25) is 9.69 Å². The molecule has 35 heavy (non-hydrogen) atoms. The first-order chi connectivity index (χ1) is 17.1. The SMILES string of the molecule is CCN(CCCNC(=O)C1CCN(c2cc(-c3cccc(F)c3)ncn2)CC1)Cc1ccccc1. The van der Waals surface area contributed by atoms with Crippen LogP contribution in [0.2, 0.25) is 0 Å². The van der Waals surface area contributed by atoms with E-state index in [2.05, 4.69) is 56.3 Å². The van der Waals surface area contributed by atoms with E-state index < -0.39 is 0 Å². The second-order valence-corrected chi connectivity index (χ2v) is 9.03. The number of halogens is 1. The van der Waals surface area contributed by atoms with Crippen LogP contribution in [-0.2, 0) is 11.3 Å². The smallest absolute Gasteiger partial charge is 0.223 e. The van der Waals surface area contributed by atoms with Crippen LogP contribution in [0, 0.1) is 11.7 Å². The van der Waals surface area contributed by atoms with Crippen LogP contribution >= 0.6 is 0 Å². The van der Waals surface area contributed by atoms with Crippen molar-refractivity contribution < 1.29 is 9.18 Å². The number of hydrogen-bond donors (Lipinski definition) is 1. The van der Waals surface area contributed by atoms with Crippen molar-refractivity contribution in [2.45, 2.75) is 32.7 Å². The molecule has 2 heterocycles. The Morgan fingerprint density at radius 2 is 1.89 bits per heavy atom. The molecule has 184 valence electrons. The molecule has 1 aliphatic heterocycles. The minimum absolute atomic E-state index is 0.0300. The molecule has 3 aromatic rings. The van der Waals surface area contributed by atoms with Crippen LogP contribution in [0.1, 0.15) is 31.7 Å². The summed E-state index contributed by atoms with van der Waals surface area (Å²) in [6, 6.07) is 18.8. The molecule has 1 N–H and O–H groups in total. The van der Waals surface area contributed by atoms with Gasteiger partial charge in [-0.1, -0.05) is 49.4 Å². The largest absolute Gasteiger partial charge is 0.356 e. The first kappa shape index (κ1) is 24.8. The summed E-state index contributed by atoms with van der Waals surface area (Å²) >= 11 is 0. The lowest BCUT2D eigenvalue weighted by atomic mass is 9.96. The number of aromatic nitrogens is 2. The van der Waals surface area contributed by atoms with Gasteiger partial charge in [0.2, 0.25) is 5.91 Å². The molecular formula is C28H34FN5O. The van der Waals surface area contributed by atoms with Crippen LogP contribution in [0.3, 0.4) is 0 Å². The maximum Gasteiger partial charge on any atom is 0.223 e. The molecule has 0 aliphatic carbocycles. The van der Waals surface area contributed by atoms with Crippen molar-refractivity contribution in [3.05, 3.63) is 78.4 Å². The van der Waals surface area contributed by atoms with Crippen molar-refractivity contribution >= 4 is 11.7 Å². The van der Waals surface area contributed by atoms with Crippen LogP contribution in [0.5, 0.6) is 0 Å². The Kier molecular flexibility index (Phi) is 8.79. The van der Waals surface area contributed by atoms with E-state index in [4.69, 9.17) is 0 Å². The Bertz CT molecular complexity index is 1090. The Hall–Kier alpha value is -3.32. The van der Waals surface area contributed by atoms with Gasteiger partial charge < -0.3 is 10.2 Å². The summed E-state index contributed by atoms with van der Waals surface area (Å²) in [5.74, 6) is 0.713. The third-order valence-corrected chi connectivity index (χ3v) is 6.61. The van der Waals surface area contributed by atoms with Crippen molar-refractivity contribution in [1.82, 2.24) is 20.2 Å². The summed E-state index contributed by atoms with van der Waals surface area (Å²) in [5, 5.41) is 3.14. The van der Waals surface area contributed by atoms with Gasteiger partial charge in [0.15, 0.2) is 0 Å². The molecule has 1 amide bonds. The van der Waals surface area contributed by atoms with Crippen LogP contribution in [0.4, 0.5) is 10.2 Å². The lowest BCUT2D eigenvalue weighted by Gasteiger charge is -2.32. The molecular weight excluding hydrogens is 441 g/mol. The first-order valence-electron chi connectivity index (χ1n) is 12.5. The van der Waals surface area contributed by atoms with E-state index in [1.807, 2.05) is 18.2 Å². The second-order valence-electron chi connectivity index (χ2n) is 9.03. The van der Waals surface area contributed by atoms with E-state index in [1.165, 1.54) is 24.0 Å². The van der Waals surface area contributed by atoms with Crippen LogP contribution < -0.4 is 10.2 Å². The van der Waals surface area contributed by atoms with Crippen LogP contribution in [0.15, 0.2) is 67.0 Å². The fraction of sp³-hybridized carbons (Fsp3) is 0.393. The highest BCUT2D eigenvalue weighted by Crippen LogP contribution is 2.25. The number of nitrogens with zero attached hydrogens (tertiary/aromatic N) is 4. The standard InChI is InChI=1S/C28H34FN5O/c1-2-33(20-22-8-4-3-5-9-22)15-7-14-30-28(35)23-12-16-34(17-13-23)27-19-26(31-21-32-27)24-10-6-11-25(29)18-24/h3-6,8-11,18-19,21,23H,2,7,12-17,20H2,1H3,(H,30,35). The summed E-state index contributed by atoms with van der Waals surface area (Å²) in [5.41, 5.74) is 2.74. The molecule has 1 aliphatic rings. The average Bonchev–Trinajstić information content (AvgIpc) is 2.91. The Labute approximate surface area is 207 Å². The molecule has 0 saturated carbocycles. The zero-order chi connectivity index (χ0) is 24.5. The van der Waals surface area contributed by atoms with Gasteiger partial charge in [-0.25, -0.2) is 14.4 Å². The normalized spacial score (nSPS) is 14.3. The first-order valence-corrected chi connectivity index (χ1v) is 12.5. The van der Waals surface area contributed by atoms with Gasteiger partial charge >= 0.3 is 0 Å². The van der Waals surface area contributed by atoms with E-state index in [1.54, 1.807) is 6.07 Å². The number of carbonyl (C=O) groups excluding carboxylic acids is 1. The lowest BCUT2D eigenvalue weighted by molar-refractivity contribution is -0.125. The Morgan fingerprint density at radius 3 is 2.63 bits per heavy atom. The van der Waals surface area contributed by atoms with Gasteiger partial charge in [-0.05, 0) is 43.5 Å². The molecule has 1 aromatic heterocycles. The minimum Gasteiger partial charge on any atom is -0.356 e. The van der Waals surface area contributed by atoms with Gasteiger partial charge in [0.05, 0.1) is 5.69 Å². The summed E-state index contributed by atoms with van der Waals surface area (Å²) < 4.78 is 13.6. The van der Waals surface area contributed by atoms with E-state index in [-0.39, 0.29) is 17.6 Å². The third-order valence-electron chi connectivity index (χ3n) is 6.61. The fourth-order valence-corrected chi connectivity index (χ4v) is 4.55. The van der Waals surface area contributed by atoms with Crippen LogP contribution in [-0.4, -0.2) is 53.5 Å². The summed E-state index contributed by atoms with van der Waals surface area (Å²) in [6.45, 7) is 7.29. The molecule has 4 rings (SSSR count). The summed E-state index contributed by atoms with van der Waals surface area (Å²) in [6.07, 6.45) is 4.04. The predicted molar refractivity (Wildman–Crippen MR) is 137 cm³/mol. The third kappa shape index (κ3) is 7.09. The van der Waals surface area contributed by atoms with Crippen LogP contribution in [0.25, 0.3) is 11.3 Å². The number of anilines is 1. The van der Waals surface area contributed by atoms with Gasteiger partial charge in [0.25, 0.3) is 0 Å². The maximum absolute atomic E-state index is 13.6. The quantitative estimate of drug-likeness (QED) is 0.437. The number of piperidine rings is 1. The number of carbonyl (C=O) groups is 1. The highest BCUT2D eigenvalue weighted by Gasteiger charge is 2.25. The molecule has 6 nitrogen and oxygen atoms in total. The number of rotatable bonds is 10. The molecule has 0 unspecified atom stereocenters. The van der Waals surface area contributed by atoms with E-state index in [0.717, 1.165) is 63.4 Å². The van der Waals surface area contributed by atoms with Gasteiger partial charge in [-0.15, -0.1) is 0 Å². The topological polar surface area (TPSA) is 61.4 Å². The summed E-state index contributed by atoms with van der Waals surface area (Å²) in [7, 11) is 0. The van der Waals surface area contributed by atoms with Crippen molar-refractivity contribution in [3.8, 4) is 11.3 Å². The Morgan fingerprint density at radius 1 is 1.09 bits per heavy atom. The van der Waals surface area contributed by atoms with Gasteiger partial charge in [0.1, 0.15) is 18.0 Å². The molecule has 1 saturated heterocycles. The highest BCUT2D eigenvalue weighted by molar-refractivity contribution is 5.79. The maximum atomic E-state index is 13.6. The number of nitrogens with one attached hydrogen (secondary N) is 1. The van der Waals surface area contributed by atoms with Crippen molar-refractivity contribution in [2.24, 2.45) is 5.92 Å². The van der Waals surface area contributed by atoms with Gasteiger partial charge in [-0.2, -0.15) is 0 Å². The Balaban J connectivity index is 1.20. The second kappa shape index (κ2) is 12.4. The molecule has 0 bridgehead atoms. The van der Waals surface area contributed by atoms with Crippen molar-refractivity contribution in [2.75, 3.05) is 37.6 Å². The number of amides is 1. The number of benzene rings is 2. The summed E-state index contributed by atoms with van der Waals surface area (Å²) in [4.78, 5) is 26.0. The zero-order valence-corrected chi connectivity index (χ0v) is 20.4. The van der Waals surface area contributed by atoms with Crippen molar-refractivity contribution in [1.29, 1.82) is 0 Å². The molecule has 7 heteroatoms. The minimum atomic E-state index is -0.284. The predicted octanol–water partition coefficient (Wildman–Crippen LogP) is 4.53. The van der Waals surface area contributed by atoms with E-state index in [0.29, 0.717) is 12.2 Å². The zero-order valence-electron chi connectivity index (χ0n) is 20.4. The monoisotopic (exact) mass is 475 g/mol. The fourth-order valence-electron chi connectivity index (χ4n) is 4.55. The molecule has 1 fully saturated rings. The van der Waals surface area contributed by atoms with Crippen molar-refractivity contribution in [3.63, 3.8) is 0 Å². The average molecular weight is 476 g/mol. The molecule has 0 spiro atoms. The molecule has 0 atom stereocenters.